The summed E-state index contributed by atoms with van der Waals surface area (Å²) in [7, 11) is 0. The molecule has 0 aromatic rings. The van der Waals surface area contributed by atoms with Gasteiger partial charge in [-0.25, -0.2) is 0 Å². The zero-order valence-corrected chi connectivity index (χ0v) is 12.3. The normalized spacial score (nSPS) is 19.9. The maximum absolute atomic E-state index is 5.71. The van der Waals surface area contributed by atoms with Crippen molar-refractivity contribution in [1.82, 2.24) is 0 Å². The van der Waals surface area contributed by atoms with Crippen LogP contribution in [0.2, 0.25) is 0 Å². The molecule has 2 nitrogen and oxygen atoms in total. The highest BCUT2D eigenvalue weighted by atomic mass is 16.7. The lowest BCUT2D eigenvalue weighted by molar-refractivity contribution is -0.162. The van der Waals surface area contributed by atoms with Gasteiger partial charge < -0.3 is 9.47 Å². The molecule has 19 heavy (non-hydrogen) atoms. The Balaban J connectivity index is 1.75. The lowest BCUT2D eigenvalue weighted by Crippen LogP contribution is -2.22. The Labute approximate surface area is 118 Å². The van der Waals surface area contributed by atoms with Gasteiger partial charge in [-0.05, 0) is 38.5 Å². The van der Waals surface area contributed by atoms with Gasteiger partial charge in [0.25, 0.3) is 0 Å². The van der Waals surface area contributed by atoms with E-state index in [4.69, 9.17) is 9.47 Å². The van der Waals surface area contributed by atoms with E-state index in [-0.39, 0.29) is 6.29 Å². The van der Waals surface area contributed by atoms with Crippen LogP contribution in [0.4, 0.5) is 0 Å². The molecule has 0 spiro atoms. The molecule has 1 heterocycles. The summed E-state index contributed by atoms with van der Waals surface area (Å²) in [6.07, 6.45) is 18.7. The predicted octanol–water partition coefficient (Wildman–Crippen LogP) is 5.00. The van der Waals surface area contributed by atoms with Crippen LogP contribution in [0, 0.1) is 0 Å². The first-order valence-corrected chi connectivity index (χ1v) is 7.94. The van der Waals surface area contributed by atoms with Crippen LogP contribution in [0.25, 0.3) is 0 Å². The zero-order chi connectivity index (χ0) is 13.6. The molecule has 1 fully saturated rings. The number of allylic oxidation sites excluding steroid dienone is 3. The Morgan fingerprint density at radius 1 is 1.05 bits per heavy atom. The van der Waals surface area contributed by atoms with Crippen LogP contribution in [0.15, 0.2) is 24.8 Å². The van der Waals surface area contributed by atoms with Crippen molar-refractivity contribution in [2.45, 2.75) is 70.5 Å². The first kappa shape index (κ1) is 16.5. The molecule has 0 aromatic carbocycles. The monoisotopic (exact) mass is 266 g/mol. The molecular weight excluding hydrogens is 236 g/mol. The summed E-state index contributed by atoms with van der Waals surface area (Å²) in [6.45, 7) is 5.41. The maximum atomic E-state index is 5.71. The van der Waals surface area contributed by atoms with Gasteiger partial charge in [0.2, 0.25) is 0 Å². The van der Waals surface area contributed by atoms with E-state index in [1.54, 1.807) is 0 Å². The average Bonchev–Trinajstić information content (AvgIpc) is 2.46. The molecule has 110 valence electrons. The minimum atomic E-state index is 0.0883. The lowest BCUT2D eigenvalue weighted by Gasteiger charge is -2.22. The molecule has 0 N–H and O–H groups in total. The number of hydrogen-bond donors (Lipinski definition) is 0. The third-order valence-electron chi connectivity index (χ3n) is 3.48. The first-order valence-electron chi connectivity index (χ1n) is 7.94. The van der Waals surface area contributed by atoms with Gasteiger partial charge in [-0.15, -0.1) is 0 Å². The zero-order valence-electron chi connectivity index (χ0n) is 12.3. The predicted molar refractivity (Wildman–Crippen MR) is 81.2 cm³/mol. The minimum absolute atomic E-state index is 0.0883. The maximum Gasteiger partial charge on any atom is 0.157 e. The molecule has 0 bridgehead atoms. The average molecular weight is 266 g/mol. The van der Waals surface area contributed by atoms with Crippen LogP contribution in [0.3, 0.4) is 0 Å². The fourth-order valence-corrected chi connectivity index (χ4v) is 2.32. The van der Waals surface area contributed by atoms with Crippen LogP contribution >= 0.6 is 0 Å². The molecule has 1 atom stereocenters. The van der Waals surface area contributed by atoms with Gasteiger partial charge in [0.1, 0.15) is 0 Å². The molecule has 0 saturated carbocycles. The summed E-state index contributed by atoms with van der Waals surface area (Å²) in [5.74, 6) is 0. The van der Waals surface area contributed by atoms with Crippen molar-refractivity contribution < 1.29 is 9.47 Å². The number of unbranched alkanes of at least 4 members (excludes halogenated alkanes) is 6. The van der Waals surface area contributed by atoms with Gasteiger partial charge in [-0.3, -0.25) is 0 Å². The molecule has 1 unspecified atom stereocenters. The van der Waals surface area contributed by atoms with Crippen LogP contribution in [-0.4, -0.2) is 19.5 Å². The van der Waals surface area contributed by atoms with Crippen molar-refractivity contribution in [2.75, 3.05) is 13.2 Å². The summed E-state index contributed by atoms with van der Waals surface area (Å²) in [5.41, 5.74) is 0. The second kappa shape index (κ2) is 12.4. The van der Waals surface area contributed by atoms with E-state index in [9.17, 15) is 0 Å². The highest BCUT2D eigenvalue weighted by Gasteiger charge is 2.13. The molecule has 1 saturated heterocycles. The highest BCUT2D eigenvalue weighted by Crippen LogP contribution is 2.14. The van der Waals surface area contributed by atoms with Crippen LogP contribution in [0.5, 0.6) is 0 Å². The third-order valence-corrected chi connectivity index (χ3v) is 3.48. The SMILES string of the molecule is C=C/C=C/CCCCCCCCOC1CCCCO1. The summed E-state index contributed by atoms with van der Waals surface area (Å²) < 4.78 is 11.2. The van der Waals surface area contributed by atoms with Gasteiger partial charge in [-0.2, -0.15) is 0 Å². The van der Waals surface area contributed by atoms with Crippen molar-refractivity contribution in [2.24, 2.45) is 0 Å². The van der Waals surface area contributed by atoms with Gasteiger partial charge in [-0.1, -0.05) is 50.5 Å². The summed E-state index contributed by atoms with van der Waals surface area (Å²) in [5, 5.41) is 0. The number of rotatable bonds is 11. The smallest absolute Gasteiger partial charge is 0.157 e. The molecular formula is C17H30O2. The second-order valence-corrected chi connectivity index (χ2v) is 5.24. The van der Waals surface area contributed by atoms with Gasteiger partial charge in [0.05, 0.1) is 0 Å². The van der Waals surface area contributed by atoms with Crippen LogP contribution in [0.1, 0.15) is 64.2 Å². The molecule has 0 aromatic heterocycles. The Bertz CT molecular complexity index is 229. The molecule has 0 radical (unpaired) electrons. The Kier molecular flexibility index (Phi) is 10.8. The highest BCUT2D eigenvalue weighted by molar-refractivity contribution is 4.96. The topological polar surface area (TPSA) is 18.5 Å². The quantitative estimate of drug-likeness (QED) is 0.387. The largest absolute Gasteiger partial charge is 0.353 e. The van der Waals surface area contributed by atoms with Crippen molar-refractivity contribution in [1.29, 1.82) is 0 Å². The van der Waals surface area contributed by atoms with Crippen molar-refractivity contribution in [3.8, 4) is 0 Å². The van der Waals surface area contributed by atoms with Crippen LogP contribution < -0.4 is 0 Å². The van der Waals surface area contributed by atoms with Crippen molar-refractivity contribution >= 4 is 0 Å². The van der Waals surface area contributed by atoms with Gasteiger partial charge in [0.15, 0.2) is 6.29 Å². The van der Waals surface area contributed by atoms with Crippen molar-refractivity contribution in [3.05, 3.63) is 24.8 Å². The lowest BCUT2D eigenvalue weighted by atomic mass is 10.1. The van der Waals surface area contributed by atoms with E-state index >= 15 is 0 Å². The minimum Gasteiger partial charge on any atom is -0.353 e. The second-order valence-electron chi connectivity index (χ2n) is 5.24. The van der Waals surface area contributed by atoms with E-state index in [2.05, 4.69) is 12.7 Å². The molecule has 1 rings (SSSR count). The van der Waals surface area contributed by atoms with Crippen molar-refractivity contribution in [3.63, 3.8) is 0 Å². The third kappa shape index (κ3) is 9.92. The number of hydrogen-bond acceptors (Lipinski definition) is 2. The van der Waals surface area contributed by atoms with E-state index in [0.29, 0.717) is 0 Å². The number of ether oxygens (including phenoxy) is 2. The Hall–Kier alpha value is -0.600. The Morgan fingerprint density at radius 2 is 1.84 bits per heavy atom. The van der Waals surface area contributed by atoms with E-state index in [1.807, 2.05) is 12.2 Å². The molecule has 1 aliphatic rings. The van der Waals surface area contributed by atoms with E-state index in [0.717, 1.165) is 19.6 Å². The summed E-state index contributed by atoms with van der Waals surface area (Å²) in [4.78, 5) is 0. The summed E-state index contributed by atoms with van der Waals surface area (Å²) >= 11 is 0. The fourth-order valence-electron chi connectivity index (χ4n) is 2.32. The van der Waals surface area contributed by atoms with E-state index in [1.165, 1.54) is 57.8 Å². The van der Waals surface area contributed by atoms with Crippen LogP contribution in [-0.2, 0) is 9.47 Å². The van der Waals surface area contributed by atoms with Gasteiger partial charge in [0, 0.05) is 13.2 Å². The first-order chi connectivity index (χ1) is 9.43. The molecule has 0 amide bonds. The molecule has 0 aliphatic carbocycles. The molecule has 1 aliphatic heterocycles. The fraction of sp³-hybridized carbons (Fsp3) is 0.765. The molecule has 2 heteroatoms. The standard InChI is InChI=1S/C17H30O2/c1-2-3-4-5-6-7-8-9-10-12-15-18-17-14-11-13-16-19-17/h2-4,17H,1,5-16H2/b4-3+. The summed E-state index contributed by atoms with van der Waals surface area (Å²) in [6, 6.07) is 0. The van der Waals surface area contributed by atoms with Gasteiger partial charge >= 0.3 is 0 Å². The Morgan fingerprint density at radius 3 is 2.58 bits per heavy atom. The van der Waals surface area contributed by atoms with E-state index < -0.39 is 0 Å².